The number of fused-ring (bicyclic) bond motifs is 1. The van der Waals surface area contributed by atoms with Crippen LogP contribution in [0, 0.1) is 0 Å². The van der Waals surface area contributed by atoms with Crippen molar-refractivity contribution in [2.75, 3.05) is 16.4 Å². The van der Waals surface area contributed by atoms with E-state index in [1.807, 2.05) is 42.5 Å². The van der Waals surface area contributed by atoms with E-state index in [1.54, 1.807) is 24.3 Å². The van der Waals surface area contributed by atoms with Crippen LogP contribution >= 0.6 is 11.8 Å². The Morgan fingerprint density at radius 2 is 1.36 bits per heavy atom. The highest BCUT2D eigenvalue weighted by atomic mass is 32.2. The number of hydrogen-bond donors (Lipinski definition) is 4. The first kappa shape index (κ1) is 24.5. The normalized spacial score (nSPS) is 10.6. The molecule has 4 rings (SSSR count). The molecule has 4 aromatic rings. The van der Waals surface area contributed by atoms with E-state index in [4.69, 9.17) is 5.11 Å². The lowest BCUT2D eigenvalue weighted by atomic mass is 10.0. The molecular formula is C27H20N2O6S. The fraction of sp³-hybridized carbons (Fsp3) is 0.0370. The Hall–Kier alpha value is -4.63. The van der Waals surface area contributed by atoms with E-state index < -0.39 is 23.4 Å². The molecule has 0 radical (unpaired) electrons. The van der Waals surface area contributed by atoms with Gasteiger partial charge in [0.1, 0.15) is 0 Å². The third-order valence-corrected chi connectivity index (χ3v) is 6.27. The van der Waals surface area contributed by atoms with Crippen LogP contribution in [-0.2, 0) is 4.79 Å². The zero-order chi connectivity index (χ0) is 25.7. The molecule has 2 amide bonds. The van der Waals surface area contributed by atoms with Crippen LogP contribution in [0.2, 0.25) is 0 Å². The standard InChI is InChI=1S/C27H20N2O6S/c30-24(28-20-7-5-16-3-1-2-4-17(16)13-20)15-36-21-10-8-19(9-11-21)29-25(31)22-12-6-18(26(32)33)14-23(22)27(34)35/h1-14H,15H2,(H,28,30)(H,29,31)(H,32,33)(H,34,35). The largest absolute Gasteiger partial charge is 0.478 e. The van der Waals surface area contributed by atoms with Gasteiger partial charge in [0.15, 0.2) is 0 Å². The number of hydrogen-bond acceptors (Lipinski definition) is 5. The van der Waals surface area contributed by atoms with Crippen LogP contribution in [0.4, 0.5) is 11.4 Å². The average molecular weight is 501 g/mol. The number of carboxylic acids is 2. The van der Waals surface area contributed by atoms with E-state index in [-0.39, 0.29) is 22.8 Å². The number of carboxylic acid groups (broad SMARTS) is 2. The van der Waals surface area contributed by atoms with Gasteiger partial charge in [-0.15, -0.1) is 11.8 Å². The van der Waals surface area contributed by atoms with Crippen molar-refractivity contribution in [1.82, 2.24) is 0 Å². The van der Waals surface area contributed by atoms with Gasteiger partial charge >= 0.3 is 11.9 Å². The summed E-state index contributed by atoms with van der Waals surface area (Å²) in [5.74, 6) is -3.34. The van der Waals surface area contributed by atoms with Gasteiger partial charge in [-0.25, -0.2) is 9.59 Å². The first-order valence-electron chi connectivity index (χ1n) is 10.7. The molecule has 0 spiro atoms. The number of thioether (sulfide) groups is 1. The van der Waals surface area contributed by atoms with Crippen LogP contribution in [0.15, 0.2) is 89.8 Å². The third-order valence-electron chi connectivity index (χ3n) is 5.26. The fourth-order valence-corrected chi connectivity index (χ4v) is 4.20. The van der Waals surface area contributed by atoms with Crippen LogP contribution in [-0.4, -0.2) is 39.7 Å². The summed E-state index contributed by atoms with van der Waals surface area (Å²) in [7, 11) is 0. The minimum absolute atomic E-state index is 0.154. The summed E-state index contributed by atoms with van der Waals surface area (Å²) in [6.45, 7) is 0. The number of rotatable bonds is 8. The highest BCUT2D eigenvalue weighted by molar-refractivity contribution is 8.00. The quantitative estimate of drug-likeness (QED) is 0.244. The average Bonchev–Trinajstić information content (AvgIpc) is 2.87. The second kappa shape index (κ2) is 10.7. The molecular weight excluding hydrogens is 480 g/mol. The number of carbonyl (C=O) groups excluding carboxylic acids is 2. The van der Waals surface area contributed by atoms with E-state index in [9.17, 15) is 24.3 Å². The van der Waals surface area contributed by atoms with E-state index in [0.29, 0.717) is 5.69 Å². The Bertz CT molecular complexity index is 1480. The van der Waals surface area contributed by atoms with Crippen molar-refractivity contribution >= 4 is 57.7 Å². The Morgan fingerprint density at radius 3 is 2.06 bits per heavy atom. The molecule has 4 aromatic carbocycles. The van der Waals surface area contributed by atoms with Crippen LogP contribution in [0.5, 0.6) is 0 Å². The van der Waals surface area contributed by atoms with Crippen molar-refractivity contribution < 1.29 is 29.4 Å². The van der Waals surface area contributed by atoms with Gasteiger partial charge in [-0.05, 0) is 65.4 Å². The molecule has 0 atom stereocenters. The van der Waals surface area contributed by atoms with Crippen molar-refractivity contribution in [3.8, 4) is 0 Å². The van der Waals surface area contributed by atoms with E-state index in [0.717, 1.165) is 27.4 Å². The molecule has 8 nitrogen and oxygen atoms in total. The second-order valence-corrected chi connectivity index (χ2v) is 8.80. The highest BCUT2D eigenvalue weighted by Crippen LogP contribution is 2.23. The van der Waals surface area contributed by atoms with Gasteiger partial charge in [0, 0.05) is 16.3 Å². The number of anilines is 2. The molecule has 0 aliphatic heterocycles. The predicted molar refractivity (Wildman–Crippen MR) is 138 cm³/mol. The second-order valence-electron chi connectivity index (χ2n) is 7.75. The summed E-state index contributed by atoms with van der Waals surface area (Å²) in [5.41, 5.74) is 0.349. The number of benzene rings is 4. The predicted octanol–water partition coefficient (Wildman–Crippen LogP) is 5.22. The maximum Gasteiger partial charge on any atom is 0.336 e. The molecule has 180 valence electrons. The van der Waals surface area contributed by atoms with Crippen LogP contribution < -0.4 is 10.6 Å². The molecule has 0 aliphatic carbocycles. The van der Waals surface area contributed by atoms with Gasteiger partial charge in [0.25, 0.3) is 5.91 Å². The fourth-order valence-electron chi connectivity index (χ4n) is 3.50. The summed E-state index contributed by atoms with van der Waals surface area (Å²) >= 11 is 1.33. The Morgan fingerprint density at radius 1 is 0.667 bits per heavy atom. The zero-order valence-electron chi connectivity index (χ0n) is 18.7. The van der Waals surface area contributed by atoms with Crippen molar-refractivity contribution in [2.45, 2.75) is 4.90 Å². The van der Waals surface area contributed by atoms with Gasteiger partial charge in [-0.2, -0.15) is 0 Å². The van der Waals surface area contributed by atoms with Crippen molar-refractivity contribution in [1.29, 1.82) is 0 Å². The molecule has 0 saturated carbocycles. The van der Waals surface area contributed by atoms with E-state index in [1.165, 1.54) is 23.9 Å². The molecule has 0 aromatic heterocycles. The van der Waals surface area contributed by atoms with Gasteiger partial charge in [-0.3, -0.25) is 9.59 Å². The Kier molecular flexibility index (Phi) is 7.31. The molecule has 0 bridgehead atoms. The summed E-state index contributed by atoms with van der Waals surface area (Å²) in [6.07, 6.45) is 0. The molecule has 0 saturated heterocycles. The van der Waals surface area contributed by atoms with Gasteiger partial charge in [0.2, 0.25) is 5.91 Å². The van der Waals surface area contributed by atoms with Crippen molar-refractivity contribution in [3.63, 3.8) is 0 Å². The molecule has 9 heteroatoms. The van der Waals surface area contributed by atoms with Crippen LogP contribution in [0.25, 0.3) is 10.8 Å². The lowest BCUT2D eigenvalue weighted by Gasteiger charge is -2.10. The number of aromatic carboxylic acids is 2. The van der Waals surface area contributed by atoms with Gasteiger partial charge in [0.05, 0.1) is 22.4 Å². The minimum Gasteiger partial charge on any atom is -0.478 e. The molecule has 0 unspecified atom stereocenters. The smallest absolute Gasteiger partial charge is 0.336 e. The van der Waals surface area contributed by atoms with E-state index in [2.05, 4.69) is 10.6 Å². The molecule has 0 fully saturated rings. The van der Waals surface area contributed by atoms with Gasteiger partial charge in [-0.1, -0.05) is 30.3 Å². The summed E-state index contributed by atoms with van der Waals surface area (Å²) < 4.78 is 0. The van der Waals surface area contributed by atoms with Crippen LogP contribution in [0.1, 0.15) is 31.1 Å². The Labute approximate surface area is 210 Å². The Balaban J connectivity index is 1.35. The summed E-state index contributed by atoms with van der Waals surface area (Å²) in [6, 6.07) is 23.6. The van der Waals surface area contributed by atoms with Crippen LogP contribution in [0.3, 0.4) is 0 Å². The molecule has 0 heterocycles. The SMILES string of the molecule is O=C(CSc1ccc(NC(=O)c2ccc(C(=O)O)cc2C(=O)O)cc1)Nc1ccc2ccccc2c1. The molecule has 36 heavy (non-hydrogen) atoms. The zero-order valence-corrected chi connectivity index (χ0v) is 19.5. The van der Waals surface area contributed by atoms with E-state index >= 15 is 0 Å². The number of nitrogens with one attached hydrogen (secondary N) is 2. The van der Waals surface area contributed by atoms with Crippen molar-refractivity contribution in [3.05, 3.63) is 102 Å². The van der Waals surface area contributed by atoms with Crippen molar-refractivity contribution in [2.24, 2.45) is 0 Å². The molecule has 0 aliphatic rings. The number of amides is 2. The lowest BCUT2D eigenvalue weighted by molar-refractivity contribution is -0.113. The summed E-state index contributed by atoms with van der Waals surface area (Å²) in [5, 5.41) is 26.0. The minimum atomic E-state index is -1.41. The topological polar surface area (TPSA) is 133 Å². The number of carbonyl (C=O) groups is 4. The highest BCUT2D eigenvalue weighted by Gasteiger charge is 2.19. The first-order chi connectivity index (χ1) is 17.3. The lowest BCUT2D eigenvalue weighted by Crippen LogP contribution is -2.17. The molecule has 4 N–H and O–H groups in total. The maximum absolute atomic E-state index is 12.6. The first-order valence-corrected chi connectivity index (χ1v) is 11.7. The summed E-state index contributed by atoms with van der Waals surface area (Å²) in [4.78, 5) is 48.4. The van der Waals surface area contributed by atoms with Gasteiger partial charge < -0.3 is 20.8 Å². The third kappa shape index (κ3) is 5.89. The monoisotopic (exact) mass is 500 g/mol. The maximum atomic E-state index is 12.6.